The zero-order valence-electron chi connectivity index (χ0n) is 8.21. The molecule has 5 atom stereocenters. The summed E-state index contributed by atoms with van der Waals surface area (Å²) in [7, 11) is 0. The van der Waals surface area contributed by atoms with Gasteiger partial charge in [0.25, 0.3) is 0 Å². The summed E-state index contributed by atoms with van der Waals surface area (Å²) in [6.45, 7) is 5.51. The number of hydrogen-bond acceptors (Lipinski definition) is 4. The lowest BCUT2D eigenvalue weighted by molar-refractivity contribution is -0.226. The largest absolute Gasteiger partial charge is 0.388 e. The van der Waals surface area contributed by atoms with Gasteiger partial charge in [0, 0.05) is 0 Å². The van der Waals surface area contributed by atoms with Crippen molar-refractivity contribution in [2.24, 2.45) is 5.92 Å². The summed E-state index contributed by atoms with van der Waals surface area (Å²) in [5.74, 6) is 0.125. The summed E-state index contributed by atoms with van der Waals surface area (Å²) in [5, 5.41) is 28.4. The third-order valence-corrected chi connectivity index (χ3v) is 2.55. The van der Waals surface area contributed by atoms with Gasteiger partial charge >= 0.3 is 0 Å². The molecule has 86 valence electrons. The Morgan fingerprint density at radius 1 is 1.00 bits per heavy atom. The van der Waals surface area contributed by atoms with Crippen LogP contribution >= 0.6 is 0 Å². The molecule has 0 aliphatic carbocycles. The molecule has 0 spiro atoms. The lowest BCUT2D eigenvalue weighted by Crippen LogP contribution is -2.57. The van der Waals surface area contributed by atoms with E-state index in [2.05, 4.69) is 0 Å². The first kappa shape index (κ1) is 13.8. The van der Waals surface area contributed by atoms with Crippen LogP contribution < -0.4 is 0 Å². The fraction of sp³-hybridized carbons (Fsp3) is 1.00. The molecule has 2 unspecified atom stereocenters. The van der Waals surface area contributed by atoms with Gasteiger partial charge in [-0.3, -0.25) is 0 Å². The van der Waals surface area contributed by atoms with E-state index in [9.17, 15) is 15.3 Å². The van der Waals surface area contributed by atoms with Crippen molar-refractivity contribution in [1.82, 2.24) is 0 Å². The number of hydrogen-bond donors (Lipinski definition) is 3. The van der Waals surface area contributed by atoms with E-state index in [4.69, 9.17) is 4.74 Å². The first-order valence-electron chi connectivity index (χ1n) is 4.64. The molecule has 1 saturated heterocycles. The van der Waals surface area contributed by atoms with Crippen molar-refractivity contribution in [2.45, 2.75) is 58.7 Å². The maximum absolute atomic E-state index is 9.56. The summed E-state index contributed by atoms with van der Waals surface area (Å²) in [5.41, 5.74) is 0. The van der Waals surface area contributed by atoms with E-state index in [1.54, 1.807) is 6.92 Å². The van der Waals surface area contributed by atoms with Crippen LogP contribution in [0.1, 0.15) is 28.2 Å². The second-order valence-electron chi connectivity index (χ2n) is 4.02. The molecule has 0 bridgehead atoms. The van der Waals surface area contributed by atoms with Gasteiger partial charge < -0.3 is 20.1 Å². The highest BCUT2D eigenvalue weighted by Gasteiger charge is 2.42. The second kappa shape index (κ2) is 5.07. The van der Waals surface area contributed by atoms with Crippen molar-refractivity contribution in [3.8, 4) is 0 Å². The van der Waals surface area contributed by atoms with E-state index in [-0.39, 0.29) is 13.3 Å². The zero-order valence-corrected chi connectivity index (χ0v) is 8.21. The van der Waals surface area contributed by atoms with Crippen LogP contribution in [0.25, 0.3) is 0 Å². The van der Waals surface area contributed by atoms with Crippen molar-refractivity contribution in [3.63, 3.8) is 0 Å². The molecule has 0 aromatic heterocycles. The highest BCUT2D eigenvalue weighted by atomic mass is 16.5. The van der Waals surface area contributed by atoms with E-state index in [0.29, 0.717) is 0 Å². The Hall–Kier alpha value is -0.160. The van der Waals surface area contributed by atoms with Crippen LogP contribution in [-0.2, 0) is 4.74 Å². The Labute approximate surface area is 85.5 Å². The van der Waals surface area contributed by atoms with Crippen LogP contribution in [0, 0.1) is 5.92 Å². The van der Waals surface area contributed by atoms with E-state index >= 15 is 0 Å². The van der Waals surface area contributed by atoms with Crippen LogP contribution in [0.4, 0.5) is 0 Å². The molecule has 3 N–H and O–H groups in total. The van der Waals surface area contributed by atoms with Gasteiger partial charge in [0.15, 0.2) is 0 Å². The molecule has 1 fully saturated rings. The minimum absolute atomic E-state index is 0. The third kappa shape index (κ3) is 2.45. The smallest absolute Gasteiger partial charge is 0.111 e. The molecule has 0 aromatic carbocycles. The molecule has 1 rings (SSSR count). The van der Waals surface area contributed by atoms with E-state index in [0.717, 1.165) is 0 Å². The monoisotopic (exact) mass is 206 g/mol. The van der Waals surface area contributed by atoms with Crippen LogP contribution in [0.2, 0.25) is 0 Å². The molecule has 1 aliphatic heterocycles. The molecular formula is C10H22O4. The molecule has 0 radical (unpaired) electrons. The van der Waals surface area contributed by atoms with Gasteiger partial charge in [0.1, 0.15) is 18.3 Å². The lowest BCUT2D eigenvalue weighted by Gasteiger charge is -2.41. The summed E-state index contributed by atoms with van der Waals surface area (Å²) < 4.78 is 5.38. The maximum Gasteiger partial charge on any atom is 0.111 e. The molecule has 14 heavy (non-hydrogen) atoms. The molecule has 4 heteroatoms. The van der Waals surface area contributed by atoms with Crippen molar-refractivity contribution in [3.05, 3.63) is 0 Å². The Balaban J connectivity index is 0.00000169. The van der Waals surface area contributed by atoms with Gasteiger partial charge in [0.05, 0.1) is 12.2 Å². The maximum atomic E-state index is 9.56. The molecule has 1 aliphatic rings. The Morgan fingerprint density at radius 3 is 1.93 bits per heavy atom. The summed E-state index contributed by atoms with van der Waals surface area (Å²) in [6.07, 6.45) is -3.91. The zero-order chi connectivity index (χ0) is 10.2. The van der Waals surface area contributed by atoms with Gasteiger partial charge in [-0.15, -0.1) is 0 Å². The highest BCUT2D eigenvalue weighted by Crippen LogP contribution is 2.25. The van der Waals surface area contributed by atoms with Crippen molar-refractivity contribution >= 4 is 0 Å². The van der Waals surface area contributed by atoms with Crippen LogP contribution in [0.15, 0.2) is 0 Å². The predicted molar refractivity (Wildman–Crippen MR) is 53.9 cm³/mol. The average molecular weight is 206 g/mol. The number of aliphatic hydroxyl groups is 3. The first-order chi connectivity index (χ1) is 5.95. The molecular weight excluding hydrogens is 184 g/mol. The Morgan fingerprint density at radius 2 is 1.50 bits per heavy atom. The van der Waals surface area contributed by atoms with Crippen LogP contribution in [-0.4, -0.2) is 45.8 Å². The quantitative estimate of drug-likeness (QED) is 0.571. The number of aliphatic hydroxyl groups excluding tert-OH is 3. The molecule has 1 heterocycles. The van der Waals surface area contributed by atoms with E-state index < -0.39 is 30.5 Å². The Bertz CT molecular complexity index is 172. The molecule has 4 nitrogen and oxygen atoms in total. The predicted octanol–water partition coefficient (Wildman–Crippen LogP) is 0.148. The standard InChI is InChI=1S/C9H18O4.CH4/c1-4(2)9-8(12)7(11)6(10)5(3)13-9;/h4-12H,1-3H3;1H4/t5-,6?,7?,8-,9+;/m1./s1. The van der Waals surface area contributed by atoms with Gasteiger partial charge in [-0.2, -0.15) is 0 Å². The van der Waals surface area contributed by atoms with Crippen LogP contribution in [0.3, 0.4) is 0 Å². The normalized spacial score (nSPS) is 43.5. The van der Waals surface area contributed by atoms with Crippen molar-refractivity contribution in [1.29, 1.82) is 0 Å². The van der Waals surface area contributed by atoms with Crippen molar-refractivity contribution in [2.75, 3.05) is 0 Å². The van der Waals surface area contributed by atoms with Gasteiger partial charge in [-0.1, -0.05) is 21.3 Å². The van der Waals surface area contributed by atoms with Gasteiger partial charge in [0.2, 0.25) is 0 Å². The molecule has 0 saturated carbocycles. The molecule has 0 aromatic rings. The fourth-order valence-corrected chi connectivity index (χ4v) is 1.63. The summed E-state index contributed by atoms with van der Waals surface area (Å²) in [6, 6.07) is 0. The SMILES string of the molecule is C.CC(C)[C@@H]1O[C@H](C)C(O)C(O)[C@H]1O. The third-order valence-electron chi connectivity index (χ3n) is 2.55. The molecule has 0 amide bonds. The Kier molecular flexibility index (Phi) is 5.01. The second-order valence-corrected chi connectivity index (χ2v) is 4.02. The van der Waals surface area contributed by atoms with E-state index in [1.165, 1.54) is 0 Å². The average Bonchev–Trinajstić information content (AvgIpc) is 2.07. The van der Waals surface area contributed by atoms with Gasteiger partial charge in [-0.05, 0) is 12.8 Å². The number of rotatable bonds is 1. The van der Waals surface area contributed by atoms with Gasteiger partial charge in [-0.25, -0.2) is 0 Å². The lowest BCUT2D eigenvalue weighted by atomic mass is 9.90. The number of ether oxygens (including phenoxy) is 1. The summed E-state index contributed by atoms with van der Waals surface area (Å²) in [4.78, 5) is 0. The summed E-state index contributed by atoms with van der Waals surface area (Å²) >= 11 is 0. The fourth-order valence-electron chi connectivity index (χ4n) is 1.63. The minimum atomic E-state index is -1.10. The first-order valence-corrected chi connectivity index (χ1v) is 4.64. The topological polar surface area (TPSA) is 69.9 Å². The highest BCUT2D eigenvalue weighted by molar-refractivity contribution is 4.91. The van der Waals surface area contributed by atoms with E-state index in [1.807, 2.05) is 13.8 Å². The minimum Gasteiger partial charge on any atom is -0.388 e. The van der Waals surface area contributed by atoms with Crippen molar-refractivity contribution < 1.29 is 20.1 Å². The van der Waals surface area contributed by atoms with Crippen LogP contribution in [0.5, 0.6) is 0 Å².